The normalized spacial score (nSPS) is 35.8. The van der Waals surface area contributed by atoms with Gasteiger partial charge in [0, 0.05) is 0 Å². The van der Waals surface area contributed by atoms with Gasteiger partial charge in [0.15, 0.2) is 0 Å². The molecule has 1 aromatic rings. The number of hydrogen-bond acceptors (Lipinski definition) is 1. The number of hydrogen-bond donors (Lipinski definition) is 1. The molecule has 3 aliphatic carbocycles. The first-order valence-corrected chi connectivity index (χ1v) is 8.91. The quantitative estimate of drug-likeness (QED) is 0.667. The lowest BCUT2D eigenvalue weighted by Crippen LogP contribution is -2.39. The van der Waals surface area contributed by atoms with Gasteiger partial charge in [0.25, 0.3) is 0 Å². The predicted molar refractivity (Wildman–Crippen MR) is 89.9 cm³/mol. The average Bonchev–Trinajstić information content (AvgIpc) is 2.90. The summed E-state index contributed by atoms with van der Waals surface area (Å²) in [5.74, 6) is 8.87. The maximum absolute atomic E-state index is 10.2. The van der Waals surface area contributed by atoms with Crippen LogP contribution in [0.25, 0.3) is 0 Å². The molecule has 4 rings (SSSR count). The molecule has 1 aromatic carbocycles. The van der Waals surface area contributed by atoms with Crippen LogP contribution in [0.2, 0.25) is 0 Å². The molecule has 4 atom stereocenters. The van der Waals surface area contributed by atoms with E-state index >= 15 is 0 Å². The summed E-state index contributed by atoms with van der Waals surface area (Å²) in [6.07, 6.45) is 9.47. The molecule has 0 radical (unpaired) electrons. The zero-order valence-corrected chi connectivity index (χ0v) is 13.8. The highest BCUT2D eigenvalue weighted by atomic mass is 16.3. The number of phenolic OH excluding ortho intramolecular Hbond substituents is 1. The Morgan fingerprint density at radius 3 is 2.86 bits per heavy atom. The van der Waals surface area contributed by atoms with Crippen LogP contribution in [0.4, 0.5) is 0 Å². The lowest BCUT2D eigenvalue weighted by Gasteiger charge is -2.49. The van der Waals surface area contributed by atoms with Gasteiger partial charge < -0.3 is 5.11 Å². The van der Waals surface area contributed by atoms with Crippen molar-refractivity contribution in [2.75, 3.05) is 0 Å². The number of aryl methyl sites for hydroxylation is 1. The molecular weight excluding hydrogens is 268 g/mol. The van der Waals surface area contributed by atoms with Crippen LogP contribution in [-0.2, 0) is 6.42 Å². The molecule has 1 heteroatoms. The van der Waals surface area contributed by atoms with Crippen LogP contribution in [-0.4, -0.2) is 5.11 Å². The molecule has 0 spiro atoms. The maximum Gasteiger partial charge on any atom is 0.131 e. The molecule has 0 saturated heterocycles. The Morgan fingerprint density at radius 2 is 2.05 bits per heavy atom. The van der Waals surface area contributed by atoms with Crippen LogP contribution in [0.1, 0.15) is 75.0 Å². The zero-order valence-electron chi connectivity index (χ0n) is 13.8. The number of phenols is 1. The van der Waals surface area contributed by atoms with E-state index in [4.69, 9.17) is 0 Å². The molecule has 0 amide bonds. The number of fused-ring (bicyclic) bond motifs is 5. The molecule has 4 unspecified atom stereocenters. The van der Waals surface area contributed by atoms with Gasteiger partial charge in [-0.3, -0.25) is 0 Å². The van der Waals surface area contributed by atoms with Crippen molar-refractivity contribution in [3.8, 4) is 17.6 Å². The van der Waals surface area contributed by atoms with Gasteiger partial charge >= 0.3 is 0 Å². The summed E-state index contributed by atoms with van der Waals surface area (Å²) in [4.78, 5) is 0. The Hall–Kier alpha value is -1.42. The van der Waals surface area contributed by atoms with E-state index in [-0.39, 0.29) is 0 Å². The molecule has 1 nitrogen and oxygen atoms in total. The molecule has 3 aliphatic rings. The Bertz CT molecular complexity index is 662. The maximum atomic E-state index is 10.2. The van der Waals surface area contributed by atoms with Crippen molar-refractivity contribution in [1.29, 1.82) is 0 Å². The van der Waals surface area contributed by atoms with E-state index in [2.05, 4.69) is 24.8 Å². The van der Waals surface area contributed by atoms with E-state index < -0.39 is 0 Å². The summed E-state index contributed by atoms with van der Waals surface area (Å²) in [5, 5.41) is 10.2. The van der Waals surface area contributed by atoms with Gasteiger partial charge in [-0.05, 0) is 91.9 Å². The minimum absolute atomic E-state index is 0.369. The number of aromatic hydroxyl groups is 1. The van der Waals surface area contributed by atoms with Crippen molar-refractivity contribution >= 4 is 0 Å². The smallest absolute Gasteiger partial charge is 0.131 e. The first-order valence-electron chi connectivity index (χ1n) is 8.91. The highest BCUT2D eigenvalue weighted by Gasteiger charge is 2.50. The van der Waals surface area contributed by atoms with Gasteiger partial charge in [-0.1, -0.05) is 19.3 Å². The van der Waals surface area contributed by atoms with Crippen molar-refractivity contribution < 1.29 is 5.11 Å². The van der Waals surface area contributed by atoms with Gasteiger partial charge in [0.2, 0.25) is 0 Å². The second-order valence-electron chi connectivity index (χ2n) is 7.94. The molecular formula is C21H26O. The molecule has 0 aromatic heterocycles. The lowest BCUT2D eigenvalue weighted by atomic mass is 9.56. The van der Waals surface area contributed by atoms with Gasteiger partial charge in [-0.15, -0.1) is 5.92 Å². The SMILES string of the molecule is CC#Cc1cc2c(cc1O)CCC1C2CCC2(C)CCCC12. The third-order valence-electron chi connectivity index (χ3n) is 6.88. The van der Waals surface area contributed by atoms with Crippen molar-refractivity contribution in [3.63, 3.8) is 0 Å². The van der Waals surface area contributed by atoms with Crippen LogP contribution in [0.3, 0.4) is 0 Å². The Balaban J connectivity index is 1.75. The van der Waals surface area contributed by atoms with Gasteiger partial charge in [0.05, 0.1) is 5.56 Å². The van der Waals surface area contributed by atoms with E-state index in [1.165, 1.54) is 49.7 Å². The zero-order chi connectivity index (χ0) is 15.3. The first kappa shape index (κ1) is 14.2. The summed E-state index contributed by atoms with van der Waals surface area (Å²) < 4.78 is 0. The van der Waals surface area contributed by atoms with Gasteiger partial charge in [-0.25, -0.2) is 0 Å². The van der Waals surface area contributed by atoms with Crippen molar-refractivity contribution in [2.45, 2.75) is 64.7 Å². The summed E-state index contributed by atoms with van der Waals surface area (Å²) in [5.41, 5.74) is 4.31. The Labute approximate surface area is 134 Å². The first-order chi connectivity index (χ1) is 10.6. The molecule has 116 valence electrons. The second-order valence-corrected chi connectivity index (χ2v) is 7.94. The van der Waals surface area contributed by atoms with Crippen LogP contribution in [0.5, 0.6) is 5.75 Å². The van der Waals surface area contributed by atoms with E-state index in [9.17, 15) is 5.11 Å². The monoisotopic (exact) mass is 294 g/mol. The largest absolute Gasteiger partial charge is 0.507 e. The van der Waals surface area contributed by atoms with Crippen molar-refractivity contribution in [2.24, 2.45) is 17.3 Å². The Morgan fingerprint density at radius 1 is 1.18 bits per heavy atom. The highest BCUT2D eigenvalue weighted by molar-refractivity contribution is 5.52. The summed E-state index contributed by atoms with van der Waals surface area (Å²) in [6.45, 7) is 4.38. The van der Waals surface area contributed by atoms with Crippen LogP contribution in [0, 0.1) is 29.1 Å². The molecule has 1 N–H and O–H groups in total. The average molecular weight is 294 g/mol. The molecule has 2 saturated carbocycles. The topological polar surface area (TPSA) is 20.2 Å². The van der Waals surface area contributed by atoms with Crippen LogP contribution in [0.15, 0.2) is 12.1 Å². The fraction of sp³-hybridized carbons (Fsp3) is 0.619. The van der Waals surface area contributed by atoms with Crippen LogP contribution >= 0.6 is 0 Å². The fourth-order valence-corrected chi connectivity index (χ4v) is 5.84. The van der Waals surface area contributed by atoms with Crippen molar-refractivity contribution in [1.82, 2.24) is 0 Å². The number of rotatable bonds is 0. The summed E-state index contributed by atoms with van der Waals surface area (Å²) >= 11 is 0. The van der Waals surface area contributed by atoms with E-state index in [1.54, 1.807) is 0 Å². The molecule has 0 heterocycles. The van der Waals surface area contributed by atoms with Gasteiger partial charge in [0.1, 0.15) is 5.75 Å². The third kappa shape index (κ3) is 2.00. The molecule has 22 heavy (non-hydrogen) atoms. The van der Waals surface area contributed by atoms with E-state index in [1.807, 2.05) is 13.0 Å². The van der Waals surface area contributed by atoms with Gasteiger partial charge in [-0.2, -0.15) is 0 Å². The molecule has 0 bridgehead atoms. The lowest BCUT2D eigenvalue weighted by molar-refractivity contribution is 0.0598. The minimum Gasteiger partial charge on any atom is -0.507 e. The summed E-state index contributed by atoms with van der Waals surface area (Å²) in [7, 11) is 0. The minimum atomic E-state index is 0.369. The number of benzene rings is 1. The highest BCUT2D eigenvalue weighted by Crippen LogP contribution is 2.61. The predicted octanol–water partition coefficient (Wildman–Crippen LogP) is 5.01. The second kappa shape index (κ2) is 5.05. The van der Waals surface area contributed by atoms with Crippen molar-refractivity contribution in [3.05, 3.63) is 28.8 Å². The van der Waals surface area contributed by atoms with E-state index in [0.29, 0.717) is 17.1 Å². The fourth-order valence-electron chi connectivity index (χ4n) is 5.84. The third-order valence-corrected chi connectivity index (χ3v) is 6.88. The van der Waals surface area contributed by atoms with Crippen LogP contribution < -0.4 is 0 Å². The Kier molecular flexibility index (Phi) is 3.26. The summed E-state index contributed by atoms with van der Waals surface area (Å²) in [6, 6.07) is 4.20. The van der Waals surface area contributed by atoms with E-state index in [0.717, 1.165) is 23.8 Å². The molecule has 0 aliphatic heterocycles. The standard InChI is InChI=1S/C21H26O/c1-3-5-15-12-18-14(13-20(15)22)7-8-17-16(18)9-11-21(2)10-4-6-19(17)21/h12-13,16-17,19,22H,4,6-11H2,1-2H3. The molecule has 2 fully saturated rings.